The molecule has 2 aromatic rings. The molecule has 1 aliphatic rings. The predicted octanol–water partition coefficient (Wildman–Crippen LogP) is 2.30. The lowest BCUT2D eigenvalue weighted by Gasteiger charge is -2.13. The van der Waals surface area contributed by atoms with Gasteiger partial charge in [-0.15, -0.1) is 0 Å². The molecular weight excluding hydrogens is 350 g/mol. The van der Waals surface area contributed by atoms with Crippen LogP contribution in [0, 0.1) is 0 Å². The van der Waals surface area contributed by atoms with E-state index in [0.717, 1.165) is 10.6 Å². The molecule has 27 heavy (non-hydrogen) atoms. The van der Waals surface area contributed by atoms with Crippen LogP contribution in [-0.2, 0) is 9.53 Å². The first-order valence-corrected chi connectivity index (χ1v) is 8.48. The Kier molecular flexibility index (Phi) is 5.71. The van der Waals surface area contributed by atoms with Crippen LogP contribution >= 0.6 is 0 Å². The Bertz CT molecular complexity index is 811. The molecule has 0 radical (unpaired) electrons. The van der Waals surface area contributed by atoms with Gasteiger partial charge in [-0.05, 0) is 36.4 Å². The molecule has 0 unspecified atom stereocenters. The molecule has 7 heteroatoms. The molecule has 2 amide bonds. The minimum atomic E-state index is -0.495. The van der Waals surface area contributed by atoms with Crippen molar-refractivity contribution in [3.05, 3.63) is 59.7 Å². The van der Waals surface area contributed by atoms with E-state index in [1.54, 1.807) is 55.6 Å². The summed E-state index contributed by atoms with van der Waals surface area (Å²) in [5.41, 5.74) is 0.729. The van der Waals surface area contributed by atoms with E-state index in [2.05, 4.69) is 0 Å². The smallest absolute Gasteiger partial charge is 0.307 e. The summed E-state index contributed by atoms with van der Waals surface area (Å²) in [5, 5.41) is 0. The van der Waals surface area contributed by atoms with Crippen LogP contribution < -0.4 is 9.47 Å². The van der Waals surface area contributed by atoms with Crippen LogP contribution in [0.25, 0.3) is 0 Å². The number of hydrogen-bond donors (Lipinski definition) is 0. The number of carbonyl (C=O) groups excluding carboxylic acids is 3. The van der Waals surface area contributed by atoms with Crippen LogP contribution in [0.2, 0.25) is 0 Å². The highest BCUT2D eigenvalue weighted by Gasteiger charge is 2.35. The van der Waals surface area contributed by atoms with E-state index in [0.29, 0.717) is 16.9 Å². The Morgan fingerprint density at radius 3 is 2.07 bits per heavy atom. The molecule has 0 atom stereocenters. The molecule has 0 bridgehead atoms. The summed E-state index contributed by atoms with van der Waals surface area (Å²) in [4.78, 5) is 37.3. The third-order valence-corrected chi connectivity index (χ3v) is 4.09. The summed E-state index contributed by atoms with van der Waals surface area (Å²) in [6.45, 7) is 0.266. The van der Waals surface area contributed by atoms with Gasteiger partial charge in [-0.2, -0.15) is 0 Å². The fourth-order valence-electron chi connectivity index (χ4n) is 2.70. The van der Waals surface area contributed by atoms with Gasteiger partial charge in [0.2, 0.25) is 0 Å². The highest BCUT2D eigenvalue weighted by atomic mass is 16.6. The van der Waals surface area contributed by atoms with Gasteiger partial charge >= 0.3 is 5.97 Å². The maximum atomic E-state index is 12.2. The number of benzene rings is 2. The third kappa shape index (κ3) is 4.25. The minimum absolute atomic E-state index is 0.00941. The van der Waals surface area contributed by atoms with Crippen LogP contribution in [0.1, 0.15) is 27.1 Å². The number of esters is 1. The van der Waals surface area contributed by atoms with Crippen molar-refractivity contribution in [3.8, 4) is 11.5 Å². The normalized spacial score (nSPS) is 12.7. The average Bonchev–Trinajstić information content (AvgIpc) is 2.94. The van der Waals surface area contributed by atoms with Crippen LogP contribution in [0.5, 0.6) is 11.5 Å². The maximum Gasteiger partial charge on any atom is 0.307 e. The van der Waals surface area contributed by atoms with E-state index in [-0.39, 0.29) is 38.0 Å². The van der Waals surface area contributed by atoms with Crippen molar-refractivity contribution in [2.75, 3.05) is 26.9 Å². The second kappa shape index (κ2) is 8.35. The molecular formula is C20H19NO6. The van der Waals surface area contributed by atoms with E-state index in [1.807, 2.05) is 0 Å². The lowest BCUT2D eigenvalue weighted by Crippen LogP contribution is -2.32. The molecule has 1 aliphatic heterocycles. The van der Waals surface area contributed by atoms with Crippen LogP contribution in [-0.4, -0.2) is 49.6 Å². The molecule has 0 aliphatic carbocycles. The summed E-state index contributed by atoms with van der Waals surface area (Å²) in [5.74, 6) is 0.0992. The van der Waals surface area contributed by atoms with Gasteiger partial charge in [0.15, 0.2) is 0 Å². The van der Waals surface area contributed by atoms with E-state index in [1.165, 1.54) is 0 Å². The highest BCUT2D eigenvalue weighted by Crippen LogP contribution is 2.22. The van der Waals surface area contributed by atoms with Crippen molar-refractivity contribution in [2.45, 2.75) is 6.42 Å². The first-order valence-electron chi connectivity index (χ1n) is 8.48. The van der Waals surface area contributed by atoms with Crippen LogP contribution in [0.4, 0.5) is 0 Å². The highest BCUT2D eigenvalue weighted by molar-refractivity contribution is 6.21. The minimum Gasteiger partial charge on any atom is -0.497 e. The van der Waals surface area contributed by atoms with Gasteiger partial charge in [0, 0.05) is 6.54 Å². The van der Waals surface area contributed by atoms with Crippen molar-refractivity contribution in [1.82, 2.24) is 4.90 Å². The molecule has 0 saturated heterocycles. The fourth-order valence-corrected chi connectivity index (χ4v) is 2.70. The van der Waals surface area contributed by atoms with Gasteiger partial charge in [0.25, 0.3) is 11.8 Å². The molecule has 0 fully saturated rings. The molecule has 140 valence electrons. The van der Waals surface area contributed by atoms with E-state index >= 15 is 0 Å². The molecule has 3 rings (SSSR count). The Morgan fingerprint density at radius 1 is 0.889 bits per heavy atom. The van der Waals surface area contributed by atoms with Crippen molar-refractivity contribution in [3.63, 3.8) is 0 Å². The van der Waals surface area contributed by atoms with Crippen LogP contribution in [0.15, 0.2) is 48.5 Å². The number of hydrogen-bond acceptors (Lipinski definition) is 6. The zero-order valence-electron chi connectivity index (χ0n) is 14.8. The van der Waals surface area contributed by atoms with Gasteiger partial charge in [0.05, 0.1) is 24.7 Å². The zero-order chi connectivity index (χ0) is 19.2. The Labute approximate surface area is 156 Å². The number of imide groups is 1. The van der Waals surface area contributed by atoms with Crippen molar-refractivity contribution >= 4 is 17.8 Å². The first kappa shape index (κ1) is 18.4. The molecule has 7 nitrogen and oxygen atoms in total. The average molecular weight is 369 g/mol. The standard InChI is InChI=1S/C20H19NO6/c1-25-14-6-8-15(9-7-14)26-12-13-27-18(22)10-11-21-19(23)16-4-2-3-5-17(16)20(21)24/h2-9H,10-13H2,1H3. The quantitative estimate of drug-likeness (QED) is 0.403. The predicted molar refractivity (Wildman–Crippen MR) is 95.9 cm³/mol. The van der Waals surface area contributed by atoms with Crippen LogP contribution in [0.3, 0.4) is 0 Å². The topological polar surface area (TPSA) is 82.1 Å². The van der Waals surface area contributed by atoms with Gasteiger partial charge < -0.3 is 14.2 Å². The van der Waals surface area contributed by atoms with Crippen molar-refractivity contribution in [1.29, 1.82) is 0 Å². The summed E-state index contributed by atoms with van der Waals surface area (Å²) < 4.78 is 15.6. The Hall–Kier alpha value is -3.35. The van der Waals surface area contributed by atoms with Gasteiger partial charge in [0.1, 0.15) is 24.7 Å². The third-order valence-electron chi connectivity index (χ3n) is 4.09. The molecule has 0 N–H and O–H groups in total. The summed E-state index contributed by atoms with van der Waals surface area (Å²) in [7, 11) is 1.58. The molecule has 0 saturated carbocycles. The molecule has 1 heterocycles. The maximum absolute atomic E-state index is 12.2. The molecule has 0 aromatic heterocycles. The number of nitrogens with zero attached hydrogens (tertiary/aromatic N) is 1. The lowest BCUT2D eigenvalue weighted by atomic mass is 10.1. The Balaban J connectivity index is 1.39. The van der Waals surface area contributed by atoms with Gasteiger partial charge in [-0.3, -0.25) is 19.3 Å². The lowest BCUT2D eigenvalue weighted by molar-refractivity contribution is -0.144. The number of ether oxygens (including phenoxy) is 3. The monoisotopic (exact) mass is 369 g/mol. The second-order valence-electron chi connectivity index (χ2n) is 5.80. The van der Waals surface area contributed by atoms with E-state index in [9.17, 15) is 14.4 Å². The van der Waals surface area contributed by atoms with E-state index in [4.69, 9.17) is 14.2 Å². The largest absolute Gasteiger partial charge is 0.497 e. The summed E-state index contributed by atoms with van der Waals surface area (Å²) >= 11 is 0. The number of methoxy groups -OCH3 is 1. The van der Waals surface area contributed by atoms with Gasteiger partial charge in [-0.25, -0.2) is 0 Å². The Morgan fingerprint density at radius 2 is 1.48 bits per heavy atom. The molecule has 2 aromatic carbocycles. The summed E-state index contributed by atoms with van der Waals surface area (Å²) in [6, 6.07) is 13.6. The fraction of sp³-hybridized carbons (Fsp3) is 0.250. The van der Waals surface area contributed by atoms with Crippen molar-refractivity contribution in [2.24, 2.45) is 0 Å². The molecule has 0 spiro atoms. The second-order valence-corrected chi connectivity index (χ2v) is 5.80. The zero-order valence-corrected chi connectivity index (χ0v) is 14.8. The number of carbonyl (C=O) groups is 3. The van der Waals surface area contributed by atoms with E-state index < -0.39 is 5.97 Å². The van der Waals surface area contributed by atoms with Gasteiger partial charge in [-0.1, -0.05) is 12.1 Å². The number of fused-ring (bicyclic) bond motifs is 1. The van der Waals surface area contributed by atoms with Crippen molar-refractivity contribution < 1.29 is 28.6 Å². The summed E-state index contributed by atoms with van der Waals surface area (Å²) in [6.07, 6.45) is -0.0615. The number of rotatable bonds is 8. The SMILES string of the molecule is COc1ccc(OCCOC(=O)CCN2C(=O)c3ccccc3C2=O)cc1. The first-order chi connectivity index (χ1) is 13.1. The number of amides is 2.